The van der Waals surface area contributed by atoms with Gasteiger partial charge in [0.2, 0.25) is 0 Å². The van der Waals surface area contributed by atoms with E-state index in [0.717, 1.165) is 6.82 Å². The van der Waals surface area contributed by atoms with Crippen LogP contribution in [0.2, 0.25) is 6.82 Å². The molecule has 0 N–H and O–H groups in total. The predicted octanol–water partition coefficient (Wildman–Crippen LogP) is 2.42. The smallest absolute Gasteiger partial charge is 0.327 e. The Kier molecular flexibility index (Phi) is 1.43. The highest BCUT2D eigenvalue weighted by Gasteiger charge is 2.20. The lowest BCUT2D eigenvalue weighted by Gasteiger charge is -2.18. The molecule has 0 saturated heterocycles. The van der Waals surface area contributed by atoms with Gasteiger partial charge in [0.05, 0.1) is 0 Å². The van der Waals surface area contributed by atoms with Gasteiger partial charge in [-0.3, -0.25) is 0 Å². The van der Waals surface area contributed by atoms with Crippen molar-refractivity contribution >= 4 is 6.70 Å². The Morgan fingerprint density at radius 1 is 1.56 bits per heavy atom. The number of hydrogen-bond donors (Lipinski definition) is 0. The van der Waals surface area contributed by atoms with Gasteiger partial charge in [0.1, 0.15) is 0 Å². The Balaban J connectivity index is 2.66. The molecule has 1 aliphatic carbocycles. The molecular formula is C6H8BF2-. The summed E-state index contributed by atoms with van der Waals surface area (Å²) in [6.45, 7) is -2.22. The maximum Gasteiger partial charge on any atom is 0.327 e. The van der Waals surface area contributed by atoms with Gasteiger partial charge in [0.15, 0.2) is 0 Å². The quantitative estimate of drug-likeness (QED) is 0.477. The van der Waals surface area contributed by atoms with E-state index < -0.39 is 6.70 Å². The fraction of sp³-hybridized carbons (Fsp3) is 0.333. The van der Waals surface area contributed by atoms with Gasteiger partial charge in [0, 0.05) is 0 Å². The summed E-state index contributed by atoms with van der Waals surface area (Å²) < 4.78 is 24.8. The average molecular weight is 129 g/mol. The highest BCUT2D eigenvalue weighted by molar-refractivity contribution is 6.72. The van der Waals surface area contributed by atoms with Gasteiger partial charge < -0.3 is 8.63 Å². The fourth-order valence-corrected chi connectivity index (χ4v) is 0.840. The second-order valence-corrected chi connectivity index (χ2v) is 2.40. The first kappa shape index (κ1) is 6.52. The lowest BCUT2D eigenvalue weighted by atomic mass is 9.60. The minimum absolute atomic E-state index is 0.273. The molecule has 1 rings (SSSR count). The van der Waals surface area contributed by atoms with E-state index in [9.17, 15) is 8.63 Å². The van der Waals surface area contributed by atoms with Crippen molar-refractivity contribution in [2.45, 2.75) is 13.2 Å². The van der Waals surface area contributed by atoms with Gasteiger partial charge in [-0.2, -0.15) is 5.47 Å². The van der Waals surface area contributed by atoms with E-state index in [0.29, 0.717) is 6.42 Å². The average Bonchev–Trinajstić information content (AvgIpc) is 2.08. The van der Waals surface area contributed by atoms with Gasteiger partial charge in [-0.1, -0.05) is 18.2 Å². The Morgan fingerprint density at radius 3 is 2.44 bits per heavy atom. The second kappa shape index (κ2) is 1.97. The topological polar surface area (TPSA) is 0 Å². The van der Waals surface area contributed by atoms with Gasteiger partial charge >= 0.3 is 6.70 Å². The van der Waals surface area contributed by atoms with E-state index in [1.54, 1.807) is 12.2 Å². The highest BCUT2D eigenvalue weighted by Crippen LogP contribution is 2.24. The largest absolute Gasteiger partial charge is 0.474 e. The second-order valence-electron chi connectivity index (χ2n) is 2.40. The molecule has 0 aromatic rings. The van der Waals surface area contributed by atoms with Crippen molar-refractivity contribution in [1.82, 2.24) is 0 Å². The van der Waals surface area contributed by atoms with Crippen molar-refractivity contribution < 1.29 is 8.63 Å². The molecule has 3 heteroatoms. The van der Waals surface area contributed by atoms with Gasteiger partial charge in [-0.05, 0) is 6.42 Å². The maximum atomic E-state index is 12.4. The first-order valence-corrected chi connectivity index (χ1v) is 3.02. The van der Waals surface area contributed by atoms with Crippen LogP contribution < -0.4 is 0 Å². The normalized spacial score (nSPS) is 18.3. The molecule has 0 fully saturated rings. The third-order valence-electron chi connectivity index (χ3n) is 1.45. The molecule has 0 bridgehead atoms. The SMILES string of the molecule is C[B-](F)(F)C1=CC=CC1. The van der Waals surface area contributed by atoms with Crippen LogP contribution in [-0.4, -0.2) is 6.70 Å². The van der Waals surface area contributed by atoms with Crippen molar-refractivity contribution in [1.29, 1.82) is 0 Å². The van der Waals surface area contributed by atoms with Crippen molar-refractivity contribution in [3.8, 4) is 0 Å². The Bertz CT molecular complexity index is 164. The number of allylic oxidation sites excluding steroid dienone is 4. The molecule has 0 atom stereocenters. The summed E-state index contributed by atoms with van der Waals surface area (Å²) >= 11 is 0. The molecule has 0 radical (unpaired) electrons. The van der Waals surface area contributed by atoms with Crippen LogP contribution in [0.15, 0.2) is 23.7 Å². The molecule has 1 aliphatic rings. The number of hydrogen-bond acceptors (Lipinski definition) is 0. The van der Waals surface area contributed by atoms with Crippen LogP contribution in [0.3, 0.4) is 0 Å². The summed E-state index contributed by atoms with van der Waals surface area (Å²) in [7, 11) is 0. The molecule has 0 amide bonds. The zero-order valence-corrected chi connectivity index (χ0v) is 5.27. The fourth-order valence-electron chi connectivity index (χ4n) is 0.840. The number of halogens is 2. The van der Waals surface area contributed by atoms with E-state index in [-0.39, 0.29) is 5.47 Å². The lowest BCUT2D eigenvalue weighted by Crippen LogP contribution is -2.19. The minimum atomic E-state index is -3.21. The molecule has 0 aromatic heterocycles. The van der Waals surface area contributed by atoms with Crippen LogP contribution in [0.25, 0.3) is 0 Å². The third kappa shape index (κ3) is 1.41. The van der Waals surface area contributed by atoms with Crippen LogP contribution in [0.1, 0.15) is 6.42 Å². The molecule has 0 nitrogen and oxygen atoms in total. The molecule has 0 aliphatic heterocycles. The molecule has 50 valence electrons. The summed E-state index contributed by atoms with van der Waals surface area (Å²) in [5.74, 6) is 0. The monoisotopic (exact) mass is 129 g/mol. The molecule has 0 saturated carbocycles. The van der Waals surface area contributed by atoms with Gasteiger partial charge in [0.25, 0.3) is 0 Å². The standard InChI is InChI=1S/C6H8BF2/c1-7(8,9)6-4-2-3-5-6/h2-4H,5H2,1H3/q-1. The van der Waals surface area contributed by atoms with Gasteiger partial charge in [-0.25, -0.2) is 0 Å². The zero-order valence-electron chi connectivity index (χ0n) is 5.27. The summed E-state index contributed by atoms with van der Waals surface area (Å²) in [5, 5.41) is 0. The van der Waals surface area contributed by atoms with Crippen molar-refractivity contribution in [2.75, 3.05) is 0 Å². The van der Waals surface area contributed by atoms with E-state index in [4.69, 9.17) is 0 Å². The van der Waals surface area contributed by atoms with Crippen LogP contribution in [0.5, 0.6) is 0 Å². The van der Waals surface area contributed by atoms with E-state index >= 15 is 0 Å². The van der Waals surface area contributed by atoms with Crippen molar-refractivity contribution in [3.05, 3.63) is 23.7 Å². The van der Waals surface area contributed by atoms with E-state index in [1.165, 1.54) is 6.08 Å². The predicted molar refractivity (Wildman–Crippen MR) is 35.7 cm³/mol. The first-order chi connectivity index (χ1) is 4.11. The Labute approximate surface area is 53.3 Å². The summed E-state index contributed by atoms with van der Waals surface area (Å²) in [6.07, 6.45) is 5.35. The molecule has 0 heterocycles. The van der Waals surface area contributed by atoms with Crippen LogP contribution in [0.4, 0.5) is 8.63 Å². The van der Waals surface area contributed by atoms with Gasteiger partial charge in [-0.15, -0.1) is 6.82 Å². The van der Waals surface area contributed by atoms with Crippen LogP contribution >= 0.6 is 0 Å². The molecule has 0 spiro atoms. The first-order valence-electron chi connectivity index (χ1n) is 3.02. The van der Waals surface area contributed by atoms with Crippen molar-refractivity contribution in [2.24, 2.45) is 0 Å². The summed E-state index contributed by atoms with van der Waals surface area (Å²) in [6, 6.07) is 0. The van der Waals surface area contributed by atoms with E-state index in [1.807, 2.05) is 0 Å². The molecule has 0 aromatic carbocycles. The van der Waals surface area contributed by atoms with Crippen LogP contribution in [0, 0.1) is 0 Å². The minimum Gasteiger partial charge on any atom is -0.474 e. The lowest BCUT2D eigenvalue weighted by molar-refractivity contribution is 0.628. The zero-order chi connectivity index (χ0) is 6.91. The summed E-state index contributed by atoms with van der Waals surface area (Å²) in [4.78, 5) is 0. The third-order valence-corrected chi connectivity index (χ3v) is 1.45. The molecule has 9 heavy (non-hydrogen) atoms. The maximum absolute atomic E-state index is 12.4. The van der Waals surface area contributed by atoms with Crippen LogP contribution in [-0.2, 0) is 0 Å². The number of rotatable bonds is 1. The van der Waals surface area contributed by atoms with E-state index in [2.05, 4.69) is 0 Å². The Morgan fingerprint density at radius 2 is 2.22 bits per heavy atom. The van der Waals surface area contributed by atoms with Crippen molar-refractivity contribution in [3.63, 3.8) is 0 Å². The Hall–Kier alpha value is -0.595. The molecular weight excluding hydrogens is 121 g/mol. The molecule has 0 unspecified atom stereocenters. The highest BCUT2D eigenvalue weighted by atomic mass is 19.2. The summed E-state index contributed by atoms with van der Waals surface area (Å²) in [5.41, 5.74) is 0.273.